The predicted molar refractivity (Wildman–Crippen MR) is 86.6 cm³/mol. The van der Waals surface area contributed by atoms with Gasteiger partial charge in [-0.2, -0.15) is 5.10 Å². The fourth-order valence-corrected chi connectivity index (χ4v) is 3.90. The van der Waals surface area contributed by atoms with Gasteiger partial charge in [0.1, 0.15) is 6.04 Å². The summed E-state index contributed by atoms with van der Waals surface area (Å²) in [5.74, 6) is 0.231. The number of nitrogens with zero attached hydrogens (tertiary/aromatic N) is 4. The summed E-state index contributed by atoms with van der Waals surface area (Å²) in [7, 11) is 0. The minimum atomic E-state index is -0.142. The molecule has 0 radical (unpaired) electrons. The van der Waals surface area contributed by atoms with Crippen molar-refractivity contribution in [1.82, 2.24) is 19.6 Å². The Morgan fingerprint density at radius 2 is 1.91 bits per heavy atom. The van der Waals surface area contributed by atoms with Crippen LogP contribution in [0.25, 0.3) is 0 Å². The zero-order valence-corrected chi connectivity index (χ0v) is 13.7. The van der Waals surface area contributed by atoms with Gasteiger partial charge >= 0.3 is 0 Å². The van der Waals surface area contributed by atoms with Gasteiger partial charge in [0.15, 0.2) is 0 Å². The van der Waals surface area contributed by atoms with E-state index in [1.807, 2.05) is 17.2 Å². The maximum absolute atomic E-state index is 12.8. The quantitative estimate of drug-likeness (QED) is 0.857. The number of aromatic nitrogens is 2. The lowest BCUT2D eigenvalue weighted by Gasteiger charge is -2.41. The fourth-order valence-electron chi connectivity index (χ4n) is 3.90. The van der Waals surface area contributed by atoms with Crippen molar-refractivity contribution in [1.29, 1.82) is 0 Å². The Balaban J connectivity index is 1.55. The smallest absolute Gasteiger partial charge is 0.247 e. The first-order valence-corrected chi connectivity index (χ1v) is 8.81. The molecule has 2 aliphatic rings. The van der Waals surface area contributed by atoms with E-state index < -0.39 is 0 Å². The molecule has 5 heteroatoms. The topological polar surface area (TPSA) is 41.4 Å². The summed E-state index contributed by atoms with van der Waals surface area (Å²) in [5.41, 5.74) is 0. The molecule has 22 heavy (non-hydrogen) atoms. The number of hydrogen-bond donors (Lipinski definition) is 0. The van der Waals surface area contributed by atoms with E-state index in [-0.39, 0.29) is 11.9 Å². The second kappa shape index (κ2) is 7.27. The molecule has 0 bridgehead atoms. The Morgan fingerprint density at radius 3 is 2.50 bits per heavy atom. The van der Waals surface area contributed by atoms with E-state index in [1.165, 1.54) is 32.1 Å². The summed E-state index contributed by atoms with van der Waals surface area (Å²) in [6.45, 7) is 5.86. The van der Waals surface area contributed by atoms with Crippen LogP contribution in [0.5, 0.6) is 0 Å². The number of rotatable bonds is 4. The van der Waals surface area contributed by atoms with E-state index in [0.717, 1.165) is 38.6 Å². The van der Waals surface area contributed by atoms with Gasteiger partial charge in [-0.15, -0.1) is 0 Å². The first-order valence-electron chi connectivity index (χ1n) is 8.81. The van der Waals surface area contributed by atoms with Crippen LogP contribution >= 0.6 is 0 Å². The molecule has 122 valence electrons. The average molecular weight is 304 g/mol. The molecule has 1 saturated heterocycles. The number of carbonyl (C=O) groups excluding carboxylic acids is 1. The molecule has 0 spiro atoms. The summed E-state index contributed by atoms with van der Waals surface area (Å²) in [4.78, 5) is 17.4. The highest BCUT2D eigenvalue weighted by Crippen LogP contribution is 2.24. The molecule has 3 rings (SSSR count). The van der Waals surface area contributed by atoms with E-state index >= 15 is 0 Å². The third kappa shape index (κ3) is 3.35. The molecule has 0 N–H and O–H groups in total. The Hall–Kier alpha value is -1.36. The van der Waals surface area contributed by atoms with Crippen LogP contribution in [0, 0.1) is 0 Å². The van der Waals surface area contributed by atoms with Gasteiger partial charge in [-0.25, -0.2) is 0 Å². The zero-order valence-electron chi connectivity index (χ0n) is 13.7. The molecule has 1 aliphatic heterocycles. The maximum Gasteiger partial charge on any atom is 0.247 e. The third-order valence-electron chi connectivity index (χ3n) is 5.23. The zero-order chi connectivity index (χ0) is 15.4. The van der Waals surface area contributed by atoms with Crippen LogP contribution in [-0.2, 0) is 4.79 Å². The van der Waals surface area contributed by atoms with Gasteiger partial charge in [-0.1, -0.05) is 26.2 Å². The van der Waals surface area contributed by atoms with E-state index in [1.54, 1.807) is 10.9 Å². The first-order chi connectivity index (χ1) is 10.8. The van der Waals surface area contributed by atoms with Gasteiger partial charge in [0.25, 0.3) is 0 Å². The molecule has 0 aromatic carbocycles. The Kier molecular flexibility index (Phi) is 5.13. The molecule has 2 heterocycles. The second-order valence-electron chi connectivity index (χ2n) is 6.56. The van der Waals surface area contributed by atoms with Crippen LogP contribution in [-0.4, -0.2) is 57.7 Å². The summed E-state index contributed by atoms with van der Waals surface area (Å²) in [6, 6.07) is 2.51. The summed E-state index contributed by atoms with van der Waals surface area (Å²) >= 11 is 0. The highest BCUT2D eigenvalue weighted by Gasteiger charge is 2.30. The van der Waals surface area contributed by atoms with Crippen LogP contribution in [0.2, 0.25) is 0 Å². The number of piperazine rings is 1. The molecule has 1 aliphatic carbocycles. The van der Waals surface area contributed by atoms with Crippen LogP contribution in [0.15, 0.2) is 18.5 Å². The van der Waals surface area contributed by atoms with E-state index in [4.69, 9.17) is 0 Å². The van der Waals surface area contributed by atoms with Gasteiger partial charge in [0.2, 0.25) is 5.91 Å². The monoisotopic (exact) mass is 304 g/mol. The van der Waals surface area contributed by atoms with Crippen molar-refractivity contribution in [3.8, 4) is 0 Å². The van der Waals surface area contributed by atoms with Crippen molar-refractivity contribution in [2.45, 2.75) is 57.5 Å². The summed E-state index contributed by atoms with van der Waals surface area (Å²) in [6.07, 6.45) is 11.3. The van der Waals surface area contributed by atoms with Crippen molar-refractivity contribution in [3.05, 3.63) is 18.5 Å². The average Bonchev–Trinajstić information content (AvgIpc) is 3.11. The Bertz CT molecular complexity index is 459. The summed E-state index contributed by atoms with van der Waals surface area (Å²) < 4.78 is 1.80. The molecule has 1 amide bonds. The van der Waals surface area contributed by atoms with Crippen LogP contribution < -0.4 is 0 Å². The molecule has 1 atom stereocenters. The normalized spacial score (nSPS) is 22.7. The molecular weight excluding hydrogens is 276 g/mol. The lowest BCUT2D eigenvalue weighted by Crippen LogP contribution is -2.53. The number of amides is 1. The van der Waals surface area contributed by atoms with Gasteiger partial charge in [0, 0.05) is 44.6 Å². The van der Waals surface area contributed by atoms with Gasteiger partial charge in [0.05, 0.1) is 0 Å². The highest BCUT2D eigenvalue weighted by atomic mass is 16.2. The minimum absolute atomic E-state index is 0.142. The van der Waals surface area contributed by atoms with Crippen molar-refractivity contribution >= 4 is 5.91 Å². The van der Waals surface area contributed by atoms with Crippen molar-refractivity contribution in [2.24, 2.45) is 0 Å². The van der Waals surface area contributed by atoms with Crippen LogP contribution in [0.3, 0.4) is 0 Å². The van der Waals surface area contributed by atoms with E-state index in [2.05, 4.69) is 16.9 Å². The molecule has 1 aromatic heterocycles. The number of carbonyl (C=O) groups is 1. The first kappa shape index (κ1) is 15.5. The fraction of sp³-hybridized carbons (Fsp3) is 0.765. The third-order valence-corrected chi connectivity index (χ3v) is 5.23. The molecule has 1 aromatic rings. The van der Waals surface area contributed by atoms with Crippen LogP contribution in [0.4, 0.5) is 0 Å². The highest BCUT2D eigenvalue weighted by molar-refractivity contribution is 5.80. The standard InChI is InChI=1S/C17H28N4O/c1-2-16(21-10-6-9-18-21)17(22)20-13-11-19(12-14-20)15-7-4-3-5-8-15/h6,9-10,15-16H,2-5,7-8,11-14H2,1H3/t16-/m1/s1. The predicted octanol–water partition coefficient (Wildman–Crippen LogP) is 2.31. The Morgan fingerprint density at radius 1 is 1.18 bits per heavy atom. The lowest BCUT2D eigenvalue weighted by atomic mass is 9.94. The Labute approximate surface area is 133 Å². The SMILES string of the molecule is CC[C@H](C(=O)N1CCN(C2CCCCC2)CC1)n1cccn1. The molecule has 1 saturated carbocycles. The minimum Gasteiger partial charge on any atom is -0.338 e. The lowest BCUT2D eigenvalue weighted by molar-refractivity contribution is -0.137. The van der Waals surface area contributed by atoms with E-state index in [9.17, 15) is 4.79 Å². The van der Waals surface area contributed by atoms with E-state index in [0.29, 0.717) is 0 Å². The largest absolute Gasteiger partial charge is 0.338 e. The molecule has 5 nitrogen and oxygen atoms in total. The van der Waals surface area contributed by atoms with Crippen molar-refractivity contribution < 1.29 is 4.79 Å². The molecule has 0 unspecified atom stereocenters. The maximum atomic E-state index is 12.8. The van der Waals surface area contributed by atoms with Crippen molar-refractivity contribution in [3.63, 3.8) is 0 Å². The van der Waals surface area contributed by atoms with Crippen LogP contribution in [0.1, 0.15) is 51.5 Å². The van der Waals surface area contributed by atoms with Gasteiger partial charge in [-0.05, 0) is 25.3 Å². The van der Waals surface area contributed by atoms with Gasteiger partial charge < -0.3 is 4.90 Å². The summed E-state index contributed by atoms with van der Waals surface area (Å²) in [5, 5.41) is 4.25. The second-order valence-corrected chi connectivity index (χ2v) is 6.56. The van der Waals surface area contributed by atoms with Gasteiger partial charge in [-0.3, -0.25) is 14.4 Å². The molecular formula is C17H28N4O. The number of hydrogen-bond acceptors (Lipinski definition) is 3. The molecule has 2 fully saturated rings. The van der Waals surface area contributed by atoms with Crippen molar-refractivity contribution in [2.75, 3.05) is 26.2 Å².